The molecule has 0 saturated heterocycles. The summed E-state index contributed by atoms with van der Waals surface area (Å²) in [5.74, 6) is 0.989. The Kier molecular flexibility index (Phi) is 2.59. The van der Waals surface area contributed by atoms with Crippen LogP contribution < -0.4 is 4.90 Å². The molecular formula is C13H15N5. The summed E-state index contributed by atoms with van der Waals surface area (Å²) in [5, 5.41) is 14.9. The lowest BCUT2D eigenvalue weighted by Crippen LogP contribution is -2.24. The molecule has 3 rings (SSSR count). The van der Waals surface area contributed by atoms with E-state index < -0.39 is 0 Å². The van der Waals surface area contributed by atoms with E-state index in [0.717, 1.165) is 35.3 Å². The zero-order valence-corrected chi connectivity index (χ0v) is 10.5. The van der Waals surface area contributed by atoms with Crippen molar-refractivity contribution in [3.05, 3.63) is 30.6 Å². The summed E-state index contributed by atoms with van der Waals surface area (Å²) < 4.78 is 1.75. The third kappa shape index (κ3) is 1.51. The van der Waals surface area contributed by atoms with Crippen LogP contribution in [0.3, 0.4) is 0 Å². The van der Waals surface area contributed by atoms with Crippen LogP contribution in [0.4, 0.5) is 5.82 Å². The molecule has 0 unspecified atom stereocenters. The van der Waals surface area contributed by atoms with Crippen molar-refractivity contribution in [2.45, 2.75) is 13.8 Å². The molecule has 5 nitrogen and oxygen atoms in total. The standard InChI is InChI=1S/C13H15N5/c1-3-17(4-2)13-11-8-6-5-7-10(11)12-15-14-9-18(12)16-13/h5-9H,3-4H2,1-2H3. The average Bonchev–Trinajstić information content (AvgIpc) is 2.88. The largest absolute Gasteiger partial charge is 0.355 e. The summed E-state index contributed by atoms with van der Waals surface area (Å²) in [6.07, 6.45) is 1.65. The fourth-order valence-electron chi connectivity index (χ4n) is 2.27. The molecule has 0 bridgehead atoms. The van der Waals surface area contributed by atoms with Gasteiger partial charge in [0, 0.05) is 23.9 Å². The van der Waals surface area contributed by atoms with Crippen LogP contribution in [0.15, 0.2) is 30.6 Å². The van der Waals surface area contributed by atoms with Gasteiger partial charge in [0.2, 0.25) is 0 Å². The first-order valence-corrected chi connectivity index (χ1v) is 6.18. The topological polar surface area (TPSA) is 46.3 Å². The van der Waals surface area contributed by atoms with Gasteiger partial charge in [-0.2, -0.15) is 4.52 Å². The molecule has 0 saturated carbocycles. The van der Waals surface area contributed by atoms with Gasteiger partial charge in [0.25, 0.3) is 0 Å². The molecule has 0 amide bonds. The molecule has 0 aliphatic rings. The van der Waals surface area contributed by atoms with Gasteiger partial charge in [0.1, 0.15) is 6.33 Å². The predicted octanol–water partition coefficient (Wildman–Crippen LogP) is 2.12. The second-order valence-electron chi connectivity index (χ2n) is 4.14. The third-order valence-electron chi connectivity index (χ3n) is 3.20. The van der Waals surface area contributed by atoms with E-state index in [9.17, 15) is 0 Å². The normalized spacial score (nSPS) is 11.2. The molecule has 3 aromatic rings. The molecule has 0 fully saturated rings. The number of fused-ring (bicyclic) bond motifs is 3. The summed E-state index contributed by atoms with van der Waals surface area (Å²) in [7, 11) is 0. The summed E-state index contributed by atoms with van der Waals surface area (Å²) >= 11 is 0. The van der Waals surface area contributed by atoms with Crippen molar-refractivity contribution < 1.29 is 0 Å². The minimum absolute atomic E-state index is 0.807. The highest BCUT2D eigenvalue weighted by molar-refractivity contribution is 6.00. The molecular weight excluding hydrogens is 226 g/mol. The van der Waals surface area contributed by atoms with Crippen molar-refractivity contribution in [2.24, 2.45) is 0 Å². The van der Waals surface area contributed by atoms with Gasteiger partial charge in [-0.05, 0) is 13.8 Å². The molecule has 0 N–H and O–H groups in total. The molecule has 0 aliphatic carbocycles. The van der Waals surface area contributed by atoms with E-state index >= 15 is 0 Å². The highest BCUT2D eigenvalue weighted by atomic mass is 15.4. The molecule has 2 aromatic heterocycles. The van der Waals surface area contributed by atoms with Crippen LogP contribution in [0.25, 0.3) is 16.4 Å². The molecule has 92 valence electrons. The van der Waals surface area contributed by atoms with Gasteiger partial charge in [-0.3, -0.25) is 0 Å². The van der Waals surface area contributed by atoms with Crippen molar-refractivity contribution in [1.29, 1.82) is 0 Å². The Morgan fingerprint density at radius 2 is 1.83 bits per heavy atom. The molecule has 18 heavy (non-hydrogen) atoms. The Bertz CT molecular complexity index is 684. The van der Waals surface area contributed by atoms with Crippen LogP contribution in [-0.4, -0.2) is 32.9 Å². The molecule has 0 radical (unpaired) electrons. The number of nitrogens with zero attached hydrogens (tertiary/aromatic N) is 5. The fraction of sp³-hybridized carbons (Fsp3) is 0.308. The van der Waals surface area contributed by atoms with Crippen molar-refractivity contribution >= 4 is 22.2 Å². The van der Waals surface area contributed by atoms with Crippen LogP contribution in [0.5, 0.6) is 0 Å². The average molecular weight is 241 g/mol. The molecule has 0 spiro atoms. The maximum absolute atomic E-state index is 4.62. The Morgan fingerprint density at radius 1 is 1.11 bits per heavy atom. The van der Waals surface area contributed by atoms with Crippen molar-refractivity contribution in [3.8, 4) is 0 Å². The Balaban J connectivity index is 2.40. The lowest BCUT2D eigenvalue weighted by molar-refractivity contribution is 0.814. The van der Waals surface area contributed by atoms with Crippen LogP contribution >= 0.6 is 0 Å². The van der Waals surface area contributed by atoms with Gasteiger partial charge in [0.05, 0.1) is 0 Å². The van der Waals surface area contributed by atoms with Gasteiger partial charge in [0.15, 0.2) is 11.5 Å². The van der Waals surface area contributed by atoms with Crippen LogP contribution in [0.2, 0.25) is 0 Å². The third-order valence-corrected chi connectivity index (χ3v) is 3.20. The quantitative estimate of drug-likeness (QED) is 0.704. The molecule has 1 aromatic carbocycles. The second kappa shape index (κ2) is 4.25. The number of aromatic nitrogens is 4. The van der Waals surface area contributed by atoms with E-state index in [0.29, 0.717) is 0 Å². The molecule has 5 heteroatoms. The first kappa shape index (κ1) is 11.0. The first-order valence-electron chi connectivity index (χ1n) is 6.18. The van der Waals surface area contributed by atoms with Crippen LogP contribution in [0.1, 0.15) is 13.8 Å². The fourth-order valence-corrected chi connectivity index (χ4v) is 2.27. The van der Waals surface area contributed by atoms with Gasteiger partial charge in [-0.1, -0.05) is 24.3 Å². The van der Waals surface area contributed by atoms with Gasteiger partial charge < -0.3 is 4.90 Å². The molecule has 2 heterocycles. The predicted molar refractivity (Wildman–Crippen MR) is 71.8 cm³/mol. The van der Waals surface area contributed by atoms with Gasteiger partial charge >= 0.3 is 0 Å². The summed E-state index contributed by atoms with van der Waals surface area (Å²) in [4.78, 5) is 2.24. The maximum atomic E-state index is 4.62. The Morgan fingerprint density at radius 3 is 2.56 bits per heavy atom. The first-order chi connectivity index (χ1) is 8.85. The van der Waals surface area contributed by atoms with Crippen molar-refractivity contribution in [1.82, 2.24) is 19.8 Å². The number of hydrogen-bond acceptors (Lipinski definition) is 4. The molecule has 0 aliphatic heterocycles. The number of anilines is 1. The van der Waals surface area contributed by atoms with Crippen LogP contribution in [0, 0.1) is 0 Å². The summed E-state index contributed by atoms with van der Waals surface area (Å²) in [6.45, 7) is 6.13. The number of rotatable bonds is 3. The van der Waals surface area contributed by atoms with Gasteiger partial charge in [-0.15, -0.1) is 15.3 Å². The lowest BCUT2D eigenvalue weighted by Gasteiger charge is -2.21. The zero-order chi connectivity index (χ0) is 12.5. The zero-order valence-electron chi connectivity index (χ0n) is 10.5. The van der Waals surface area contributed by atoms with E-state index in [1.54, 1.807) is 10.8 Å². The maximum Gasteiger partial charge on any atom is 0.185 e. The summed E-state index contributed by atoms with van der Waals surface area (Å²) in [6, 6.07) is 8.20. The monoisotopic (exact) mass is 241 g/mol. The minimum Gasteiger partial charge on any atom is -0.355 e. The highest BCUT2D eigenvalue weighted by Crippen LogP contribution is 2.26. The SMILES string of the molecule is CCN(CC)c1nn2cnnc2c2ccccc12. The van der Waals surface area contributed by atoms with E-state index in [-0.39, 0.29) is 0 Å². The van der Waals surface area contributed by atoms with E-state index in [1.165, 1.54) is 0 Å². The van der Waals surface area contributed by atoms with E-state index in [4.69, 9.17) is 0 Å². The summed E-state index contributed by atoms with van der Waals surface area (Å²) in [5.41, 5.74) is 0.807. The lowest BCUT2D eigenvalue weighted by atomic mass is 10.1. The van der Waals surface area contributed by atoms with Crippen molar-refractivity contribution in [3.63, 3.8) is 0 Å². The number of hydrogen-bond donors (Lipinski definition) is 0. The Hall–Kier alpha value is -2.17. The highest BCUT2D eigenvalue weighted by Gasteiger charge is 2.13. The van der Waals surface area contributed by atoms with Crippen molar-refractivity contribution in [2.75, 3.05) is 18.0 Å². The second-order valence-corrected chi connectivity index (χ2v) is 4.14. The number of benzene rings is 1. The van der Waals surface area contributed by atoms with E-state index in [1.807, 2.05) is 12.1 Å². The minimum atomic E-state index is 0.807. The van der Waals surface area contributed by atoms with Crippen LogP contribution in [-0.2, 0) is 0 Å². The molecule has 0 atom stereocenters. The Labute approximate surface area is 105 Å². The smallest absolute Gasteiger partial charge is 0.185 e. The van der Waals surface area contributed by atoms with Gasteiger partial charge in [-0.25, -0.2) is 0 Å². The van der Waals surface area contributed by atoms with E-state index in [2.05, 4.69) is 46.2 Å².